The van der Waals surface area contributed by atoms with Gasteiger partial charge in [0.1, 0.15) is 0 Å². The first-order valence-corrected chi connectivity index (χ1v) is 9.07. The van der Waals surface area contributed by atoms with Crippen LogP contribution in [0.3, 0.4) is 0 Å². The molecule has 0 saturated carbocycles. The Morgan fingerprint density at radius 3 is 2.48 bits per heavy atom. The van der Waals surface area contributed by atoms with Gasteiger partial charge < -0.3 is 19.3 Å². The summed E-state index contributed by atoms with van der Waals surface area (Å²) in [4.78, 5) is 28.2. The molecule has 0 spiro atoms. The number of benzene rings is 1. The van der Waals surface area contributed by atoms with Crippen LogP contribution < -0.4 is 4.90 Å². The highest BCUT2D eigenvalue weighted by Gasteiger charge is 2.32. The summed E-state index contributed by atoms with van der Waals surface area (Å²) in [6.07, 6.45) is 2.56. The van der Waals surface area contributed by atoms with Crippen LogP contribution in [0.15, 0.2) is 18.2 Å². The Morgan fingerprint density at radius 1 is 1.08 bits per heavy atom. The summed E-state index contributed by atoms with van der Waals surface area (Å²) in [5.74, 6) is 0.516. The average molecular weight is 344 g/mol. The van der Waals surface area contributed by atoms with E-state index in [0.29, 0.717) is 25.7 Å². The molecule has 4 rings (SSSR count). The molecule has 6 heteroatoms. The number of anilines is 1. The molecule has 3 aliphatic rings. The summed E-state index contributed by atoms with van der Waals surface area (Å²) >= 11 is 0. The quantitative estimate of drug-likeness (QED) is 0.821. The highest BCUT2D eigenvalue weighted by molar-refractivity contribution is 5.97. The topological polar surface area (TPSA) is 59.1 Å². The van der Waals surface area contributed by atoms with E-state index in [1.54, 1.807) is 11.8 Å². The fraction of sp³-hybridized carbons (Fsp3) is 0.579. The summed E-state index contributed by atoms with van der Waals surface area (Å²) < 4.78 is 11.2. The van der Waals surface area contributed by atoms with Crippen molar-refractivity contribution in [2.45, 2.75) is 32.5 Å². The number of rotatable bonds is 2. The molecule has 1 aromatic rings. The SMILES string of the molecule is CC(=O)N1CCc2cc(C(=O)N3CCC(C4OCCO4)CC3)ccc21. The van der Waals surface area contributed by atoms with Crippen molar-refractivity contribution in [3.8, 4) is 0 Å². The zero-order valence-electron chi connectivity index (χ0n) is 14.6. The number of hydrogen-bond acceptors (Lipinski definition) is 4. The van der Waals surface area contributed by atoms with Gasteiger partial charge in [0.05, 0.1) is 13.2 Å². The second-order valence-corrected chi connectivity index (χ2v) is 7.00. The van der Waals surface area contributed by atoms with E-state index in [2.05, 4.69) is 0 Å². The Labute approximate surface area is 147 Å². The number of amides is 2. The predicted octanol–water partition coefficient (Wildman–Crippen LogP) is 1.82. The average Bonchev–Trinajstić information content (AvgIpc) is 3.30. The lowest BCUT2D eigenvalue weighted by Gasteiger charge is -2.34. The second kappa shape index (κ2) is 6.77. The van der Waals surface area contributed by atoms with Crippen LogP contribution in [0.4, 0.5) is 5.69 Å². The van der Waals surface area contributed by atoms with Crippen LogP contribution in [-0.4, -0.2) is 55.9 Å². The highest BCUT2D eigenvalue weighted by atomic mass is 16.7. The fourth-order valence-corrected chi connectivity index (χ4v) is 4.07. The van der Waals surface area contributed by atoms with Crippen LogP contribution >= 0.6 is 0 Å². The lowest BCUT2D eigenvalue weighted by molar-refractivity contribution is -0.116. The Bertz CT molecular complexity index is 676. The Morgan fingerprint density at radius 2 is 1.80 bits per heavy atom. The smallest absolute Gasteiger partial charge is 0.253 e. The lowest BCUT2D eigenvalue weighted by Crippen LogP contribution is -2.41. The third-order valence-corrected chi connectivity index (χ3v) is 5.46. The summed E-state index contributed by atoms with van der Waals surface area (Å²) in [5.41, 5.74) is 2.75. The number of likely N-dealkylation sites (tertiary alicyclic amines) is 1. The first-order chi connectivity index (χ1) is 12.1. The summed E-state index contributed by atoms with van der Waals surface area (Å²) in [7, 11) is 0. The van der Waals surface area contributed by atoms with Crippen molar-refractivity contribution in [3.05, 3.63) is 29.3 Å². The molecule has 6 nitrogen and oxygen atoms in total. The van der Waals surface area contributed by atoms with Gasteiger partial charge in [-0.3, -0.25) is 9.59 Å². The molecule has 25 heavy (non-hydrogen) atoms. The Balaban J connectivity index is 1.41. The number of nitrogens with zero attached hydrogens (tertiary/aromatic N) is 2. The molecule has 1 aromatic carbocycles. The van der Waals surface area contributed by atoms with Crippen molar-refractivity contribution in [3.63, 3.8) is 0 Å². The van der Waals surface area contributed by atoms with Gasteiger partial charge in [-0.15, -0.1) is 0 Å². The monoisotopic (exact) mass is 344 g/mol. The van der Waals surface area contributed by atoms with Gasteiger partial charge in [-0.2, -0.15) is 0 Å². The number of ether oxygens (including phenoxy) is 2. The number of fused-ring (bicyclic) bond motifs is 1. The highest BCUT2D eigenvalue weighted by Crippen LogP contribution is 2.30. The lowest BCUT2D eigenvalue weighted by atomic mass is 9.95. The number of hydrogen-bond donors (Lipinski definition) is 0. The first kappa shape index (κ1) is 16.5. The van der Waals surface area contributed by atoms with Crippen molar-refractivity contribution in [1.29, 1.82) is 0 Å². The van der Waals surface area contributed by atoms with Gasteiger partial charge in [0.2, 0.25) is 5.91 Å². The summed E-state index contributed by atoms with van der Waals surface area (Å²) in [6, 6.07) is 5.71. The van der Waals surface area contributed by atoms with Crippen LogP contribution in [0.1, 0.15) is 35.7 Å². The van der Waals surface area contributed by atoms with Crippen LogP contribution in [0.5, 0.6) is 0 Å². The van der Waals surface area contributed by atoms with Crippen molar-refractivity contribution in [2.24, 2.45) is 5.92 Å². The molecule has 2 amide bonds. The predicted molar refractivity (Wildman–Crippen MR) is 92.5 cm³/mol. The minimum absolute atomic E-state index is 0.0521. The Kier molecular flexibility index (Phi) is 4.48. The summed E-state index contributed by atoms with van der Waals surface area (Å²) in [5, 5.41) is 0. The van der Waals surface area contributed by atoms with Gasteiger partial charge in [-0.25, -0.2) is 0 Å². The third kappa shape index (κ3) is 3.16. The van der Waals surface area contributed by atoms with Crippen molar-refractivity contribution < 1.29 is 19.1 Å². The molecule has 134 valence electrons. The van der Waals surface area contributed by atoms with Gasteiger partial charge in [0, 0.05) is 43.7 Å². The van der Waals surface area contributed by atoms with E-state index in [4.69, 9.17) is 9.47 Å². The first-order valence-electron chi connectivity index (χ1n) is 9.07. The molecule has 3 aliphatic heterocycles. The van der Waals surface area contributed by atoms with Gasteiger partial charge in [0.25, 0.3) is 5.91 Å². The van der Waals surface area contributed by atoms with E-state index in [0.717, 1.165) is 49.2 Å². The maximum absolute atomic E-state index is 12.8. The standard InChI is InChI=1S/C19H24N2O4/c1-13(22)21-9-6-15-12-16(2-3-17(15)21)18(23)20-7-4-14(5-8-20)19-24-10-11-25-19/h2-3,12,14,19H,4-11H2,1H3. The molecule has 0 bridgehead atoms. The van der Waals surface area contributed by atoms with Crippen molar-refractivity contribution in [2.75, 3.05) is 37.7 Å². The largest absolute Gasteiger partial charge is 0.350 e. The van der Waals surface area contributed by atoms with Gasteiger partial charge in [-0.1, -0.05) is 0 Å². The van der Waals surface area contributed by atoms with Crippen LogP contribution in [0, 0.1) is 5.92 Å². The summed E-state index contributed by atoms with van der Waals surface area (Å²) in [6.45, 7) is 5.12. The molecule has 0 unspecified atom stereocenters. The van der Waals surface area contributed by atoms with Gasteiger partial charge >= 0.3 is 0 Å². The molecule has 0 aliphatic carbocycles. The van der Waals surface area contributed by atoms with E-state index in [9.17, 15) is 9.59 Å². The number of carbonyl (C=O) groups excluding carboxylic acids is 2. The second-order valence-electron chi connectivity index (χ2n) is 7.00. The zero-order valence-corrected chi connectivity index (χ0v) is 14.6. The van der Waals surface area contributed by atoms with Gasteiger partial charge in [-0.05, 0) is 43.0 Å². The maximum Gasteiger partial charge on any atom is 0.253 e. The zero-order chi connectivity index (χ0) is 17.4. The number of carbonyl (C=O) groups is 2. The molecule has 2 saturated heterocycles. The maximum atomic E-state index is 12.8. The van der Waals surface area contributed by atoms with Gasteiger partial charge in [0.15, 0.2) is 6.29 Å². The van der Waals surface area contributed by atoms with E-state index < -0.39 is 0 Å². The molecular weight excluding hydrogens is 320 g/mol. The molecule has 0 radical (unpaired) electrons. The molecule has 2 fully saturated rings. The van der Waals surface area contributed by atoms with E-state index >= 15 is 0 Å². The molecule has 3 heterocycles. The molecule has 0 N–H and O–H groups in total. The molecule has 0 atom stereocenters. The third-order valence-electron chi connectivity index (χ3n) is 5.46. The molecule has 0 aromatic heterocycles. The Hall–Kier alpha value is -1.92. The van der Waals surface area contributed by atoms with E-state index in [1.165, 1.54) is 0 Å². The fourth-order valence-electron chi connectivity index (χ4n) is 4.07. The van der Waals surface area contributed by atoms with Crippen molar-refractivity contribution in [1.82, 2.24) is 4.90 Å². The van der Waals surface area contributed by atoms with E-state index in [-0.39, 0.29) is 18.1 Å². The van der Waals surface area contributed by atoms with Crippen LogP contribution in [-0.2, 0) is 20.7 Å². The van der Waals surface area contributed by atoms with E-state index in [1.807, 2.05) is 23.1 Å². The number of piperidine rings is 1. The minimum atomic E-state index is -0.0881. The van der Waals surface area contributed by atoms with Crippen LogP contribution in [0.25, 0.3) is 0 Å². The minimum Gasteiger partial charge on any atom is -0.350 e. The van der Waals surface area contributed by atoms with Crippen molar-refractivity contribution >= 4 is 17.5 Å². The normalized spacial score (nSPS) is 21.6. The van der Waals surface area contributed by atoms with Crippen LogP contribution in [0.2, 0.25) is 0 Å². The molecular formula is C19H24N2O4.